The Morgan fingerprint density at radius 1 is 1.00 bits per heavy atom. The lowest BCUT2D eigenvalue weighted by Gasteiger charge is -2.36. The summed E-state index contributed by atoms with van der Waals surface area (Å²) in [5.74, 6) is 2.65. The summed E-state index contributed by atoms with van der Waals surface area (Å²) in [6.45, 7) is 2.30. The zero-order valence-electron chi connectivity index (χ0n) is 13.4. The highest BCUT2D eigenvalue weighted by atomic mass is 19.1. The fourth-order valence-electron chi connectivity index (χ4n) is 4.60. The van der Waals surface area contributed by atoms with Crippen LogP contribution in [0.1, 0.15) is 69.4 Å². The van der Waals surface area contributed by atoms with Gasteiger partial charge in [0.25, 0.3) is 0 Å². The topological polar surface area (TPSA) is 0 Å². The summed E-state index contributed by atoms with van der Waals surface area (Å²) in [5, 5.41) is 0. The van der Waals surface area contributed by atoms with E-state index in [1.165, 1.54) is 62.5 Å². The smallest absolute Gasteiger partial charge is 0.123 e. The fraction of sp³-hybridized carbons (Fsp3) is 0.700. The van der Waals surface area contributed by atoms with Crippen LogP contribution in [-0.4, -0.2) is 0 Å². The minimum atomic E-state index is -0.0577. The SMILES string of the molecule is CCCCC1CCC(C2CCc3ccc(F)cc3C2)CC1. The summed E-state index contributed by atoms with van der Waals surface area (Å²) in [6, 6.07) is 5.41. The average molecular weight is 288 g/mol. The summed E-state index contributed by atoms with van der Waals surface area (Å²) in [6.07, 6.45) is 13.5. The van der Waals surface area contributed by atoms with Gasteiger partial charge in [0.05, 0.1) is 0 Å². The molecular weight excluding hydrogens is 259 g/mol. The molecule has 2 aliphatic carbocycles. The molecule has 0 saturated heterocycles. The van der Waals surface area contributed by atoms with E-state index in [2.05, 4.69) is 6.92 Å². The third-order valence-corrected chi connectivity index (χ3v) is 5.96. The van der Waals surface area contributed by atoms with Gasteiger partial charge in [-0.15, -0.1) is 0 Å². The molecule has 0 spiro atoms. The molecule has 3 rings (SSSR count). The van der Waals surface area contributed by atoms with Gasteiger partial charge in [-0.25, -0.2) is 4.39 Å². The number of hydrogen-bond donors (Lipinski definition) is 0. The first-order valence-electron chi connectivity index (χ1n) is 9.03. The molecule has 1 unspecified atom stereocenters. The lowest BCUT2D eigenvalue weighted by atomic mass is 9.69. The molecule has 1 saturated carbocycles. The van der Waals surface area contributed by atoms with Crippen molar-refractivity contribution in [3.8, 4) is 0 Å². The van der Waals surface area contributed by atoms with Crippen molar-refractivity contribution in [2.75, 3.05) is 0 Å². The van der Waals surface area contributed by atoms with E-state index in [0.717, 1.165) is 30.6 Å². The van der Waals surface area contributed by atoms with Gasteiger partial charge in [0.2, 0.25) is 0 Å². The van der Waals surface area contributed by atoms with Gasteiger partial charge >= 0.3 is 0 Å². The van der Waals surface area contributed by atoms with Crippen LogP contribution in [-0.2, 0) is 12.8 Å². The molecule has 0 heterocycles. The Morgan fingerprint density at radius 3 is 2.57 bits per heavy atom. The predicted molar refractivity (Wildman–Crippen MR) is 86.9 cm³/mol. The molecule has 1 aromatic carbocycles. The van der Waals surface area contributed by atoms with E-state index in [1.807, 2.05) is 6.07 Å². The molecule has 1 heteroatoms. The predicted octanol–water partition coefficient (Wildman–Crippen LogP) is 5.93. The Labute approximate surface area is 129 Å². The number of fused-ring (bicyclic) bond motifs is 1. The van der Waals surface area contributed by atoms with Crippen molar-refractivity contribution >= 4 is 0 Å². The summed E-state index contributed by atoms with van der Waals surface area (Å²) in [5.41, 5.74) is 2.68. The maximum absolute atomic E-state index is 13.4. The first-order chi connectivity index (χ1) is 10.3. The molecule has 1 fully saturated rings. The van der Waals surface area contributed by atoms with Crippen molar-refractivity contribution in [3.63, 3.8) is 0 Å². The zero-order chi connectivity index (χ0) is 14.7. The number of hydrogen-bond acceptors (Lipinski definition) is 0. The Hall–Kier alpha value is -0.850. The van der Waals surface area contributed by atoms with Gasteiger partial charge in [-0.1, -0.05) is 45.1 Å². The van der Waals surface area contributed by atoms with Crippen LogP contribution in [0.3, 0.4) is 0 Å². The molecular formula is C20H29F. The normalized spacial score (nSPS) is 29.1. The number of aryl methyl sites for hydroxylation is 1. The number of rotatable bonds is 4. The first kappa shape index (κ1) is 15.1. The molecule has 1 aromatic rings. The third kappa shape index (κ3) is 3.67. The highest BCUT2D eigenvalue weighted by molar-refractivity contribution is 5.30. The van der Waals surface area contributed by atoms with Crippen LogP contribution >= 0.6 is 0 Å². The Kier molecular flexibility index (Phi) is 4.98. The lowest BCUT2D eigenvalue weighted by Crippen LogP contribution is -2.26. The van der Waals surface area contributed by atoms with Crippen LogP contribution in [0.15, 0.2) is 18.2 Å². The minimum absolute atomic E-state index is 0.0577. The Morgan fingerprint density at radius 2 is 1.81 bits per heavy atom. The largest absolute Gasteiger partial charge is 0.207 e. The van der Waals surface area contributed by atoms with Gasteiger partial charge in [0, 0.05) is 0 Å². The second kappa shape index (κ2) is 6.94. The number of unbranched alkanes of at least 4 members (excludes halogenated alkanes) is 1. The molecule has 0 aliphatic heterocycles. The quantitative estimate of drug-likeness (QED) is 0.644. The van der Waals surface area contributed by atoms with E-state index in [-0.39, 0.29) is 5.82 Å². The average Bonchev–Trinajstić information content (AvgIpc) is 2.52. The molecule has 0 aromatic heterocycles. The summed E-state index contributed by atoms with van der Waals surface area (Å²) < 4.78 is 13.4. The van der Waals surface area contributed by atoms with Crippen molar-refractivity contribution in [2.24, 2.45) is 17.8 Å². The van der Waals surface area contributed by atoms with E-state index in [9.17, 15) is 4.39 Å². The Balaban J connectivity index is 1.55. The highest BCUT2D eigenvalue weighted by Gasteiger charge is 2.30. The van der Waals surface area contributed by atoms with E-state index >= 15 is 0 Å². The molecule has 116 valence electrons. The van der Waals surface area contributed by atoms with E-state index in [0.29, 0.717) is 0 Å². The standard InChI is InChI=1S/C20H29F/c1-2-3-4-15-5-7-16(8-6-15)18-10-9-17-11-12-20(21)14-19(17)13-18/h11-12,14-16,18H,2-10,13H2,1H3. The van der Waals surface area contributed by atoms with E-state index < -0.39 is 0 Å². The number of halogens is 1. The number of benzene rings is 1. The van der Waals surface area contributed by atoms with Crippen LogP contribution in [0.2, 0.25) is 0 Å². The summed E-state index contributed by atoms with van der Waals surface area (Å²) in [4.78, 5) is 0. The minimum Gasteiger partial charge on any atom is -0.207 e. The van der Waals surface area contributed by atoms with Crippen LogP contribution in [0, 0.1) is 23.6 Å². The third-order valence-electron chi connectivity index (χ3n) is 5.96. The van der Waals surface area contributed by atoms with Gasteiger partial charge in [-0.2, -0.15) is 0 Å². The monoisotopic (exact) mass is 288 g/mol. The van der Waals surface area contributed by atoms with Crippen molar-refractivity contribution in [1.82, 2.24) is 0 Å². The van der Waals surface area contributed by atoms with Gasteiger partial charge in [-0.05, 0) is 73.1 Å². The van der Waals surface area contributed by atoms with Gasteiger partial charge in [0.1, 0.15) is 5.82 Å². The molecule has 1 atom stereocenters. The van der Waals surface area contributed by atoms with Gasteiger partial charge in [-0.3, -0.25) is 0 Å². The maximum atomic E-state index is 13.4. The van der Waals surface area contributed by atoms with Crippen LogP contribution in [0.4, 0.5) is 4.39 Å². The van der Waals surface area contributed by atoms with Gasteiger partial charge < -0.3 is 0 Å². The van der Waals surface area contributed by atoms with Crippen LogP contribution < -0.4 is 0 Å². The van der Waals surface area contributed by atoms with Crippen molar-refractivity contribution in [1.29, 1.82) is 0 Å². The van der Waals surface area contributed by atoms with Crippen molar-refractivity contribution in [3.05, 3.63) is 35.1 Å². The van der Waals surface area contributed by atoms with E-state index in [1.54, 1.807) is 12.1 Å². The molecule has 0 amide bonds. The molecule has 2 aliphatic rings. The lowest BCUT2D eigenvalue weighted by molar-refractivity contribution is 0.183. The summed E-state index contributed by atoms with van der Waals surface area (Å²) in [7, 11) is 0. The second-order valence-corrected chi connectivity index (χ2v) is 7.34. The fourth-order valence-corrected chi connectivity index (χ4v) is 4.60. The zero-order valence-corrected chi connectivity index (χ0v) is 13.4. The van der Waals surface area contributed by atoms with Gasteiger partial charge in [0.15, 0.2) is 0 Å². The first-order valence-corrected chi connectivity index (χ1v) is 9.03. The highest BCUT2D eigenvalue weighted by Crippen LogP contribution is 2.40. The molecule has 0 N–H and O–H groups in total. The van der Waals surface area contributed by atoms with E-state index in [4.69, 9.17) is 0 Å². The van der Waals surface area contributed by atoms with Crippen LogP contribution in [0.5, 0.6) is 0 Å². The second-order valence-electron chi connectivity index (χ2n) is 7.34. The molecule has 0 radical (unpaired) electrons. The van der Waals surface area contributed by atoms with Crippen LogP contribution in [0.25, 0.3) is 0 Å². The van der Waals surface area contributed by atoms with Crippen molar-refractivity contribution in [2.45, 2.75) is 71.1 Å². The molecule has 0 nitrogen and oxygen atoms in total. The Bertz CT molecular complexity index is 457. The summed E-state index contributed by atoms with van der Waals surface area (Å²) >= 11 is 0. The maximum Gasteiger partial charge on any atom is 0.123 e. The molecule has 21 heavy (non-hydrogen) atoms. The van der Waals surface area contributed by atoms with Crippen molar-refractivity contribution < 1.29 is 4.39 Å². The molecule has 0 bridgehead atoms.